The standard InChI is InChI=1S/C21H27BClN3O4S/c1-14(2)11-19(21(24)28)26(31(29,30)18-9-5-16(23)6-10-18)13-15-3-7-17(8-4-15)25-20(27)12-22/h3-10,14,19H,11-13,22H2,1-2H3,(H2,24,28)(H,25,27)/t19-/m1/s1. The lowest BCUT2D eigenvalue weighted by Crippen LogP contribution is -2.48. The Balaban J connectivity index is 2.43. The molecule has 0 heterocycles. The van der Waals surface area contributed by atoms with Crippen LogP contribution < -0.4 is 11.1 Å². The summed E-state index contributed by atoms with van der Waals surface area (Å²) in [6.45, 7) is 3.75. The second-order valence-electron chi connectivity index (χ2n) is 7.65. The third kappa shape index (κ3) is 6.82. The smallest absolute Gasteiger partial charge is 0.244 e. The highest BCUT2D eigenvalue weighted by molar-refractivity contribution is 7.89. The van der Waals surface area contributed by atoms with Gasteiger partial charge in [-0.05, 0) is 60.6 Å². The normalized spacial score (nSPS) is 12.7. The number of primary amides is 1. The molecule has 0 aromatic heterocycles. The van der Waals surface area contributed by atoms with Crippen LogP contribution in [0, 0.1) is 5.92 Å². The molecule has 3 N–H and O–H groups in total. The molecule has 0 aliphatic carbocycles. The Labute approximate surface area is 189 Å². The molecule has 1 atom stereocenters. The Hall–Kier alpha value is -2.36. The van der Waals surface area contributed by atoms with Crippen LogP contribution in [0.15, 0.2) is 53.4 Å². The Morgan fingerprint density at radius 2 is 1.68 bits per heavy atom. The predicted molar refractivity (Wildman–Crippen MR) is 125 cm³/mol. The maximum absolute atomic E-state index is 13.4. The zero-order chi connectivity index (χ0) is 23.2. The summed E-state index contributed by atoms with van der Waals surface area (Å²) in [7, 11) is -2.28. The second kappa shape index (κ2) is 10.8. The Morgan fingerprint density at radius 3 is 2.16 bits per heavy atom. The molecular weight excluding hydrogens is 437 g/mol. The minimum absolute atomic E-state index is 0.0266. The van der Waals surface area contributed by atoms with Crippen LogP contribution in [0.5, 0.6) is 0 Å². The molecule has 166 valence electrons. The van der Waals surface area contributed by atoms with E-state index in [0.717, 1.165) is 4.31 Å². The molecule has 0 fully saturated rings. The first-order valence-electron chi connectivity index (χ1n) is 10.00. The maximum atomic E-state index is 13.4. The van der Waals surface area contributed by atoms with Gasteiger partial charge in [-0.25, -0.2) is 8.42 Å². The van der Waals surface area contributed by atoms with Crippen molar-refractivity contribution in [3.8, 4) is 0 Å². The molecule has 10 heteroatoms. The van der Waals surface area contributed by atoms with Crippen LogP contribution in [0.25, 0.3) is 0 Å². The molecule has 7 nitrogen and oxygen atoms in total. The highest BCUT2D eigenvalue weighted by Crippen LogP contribution is 2.26. The van der Waals surface area contributed by atoms with E-state index in [4.69, 9.17) is 17.3 Å². The van der Waals surface area contributed by atoms with Gasteiger partial charge in [0.1, 0.15) is 13.9 Å². The van der Waals surface area contributed by atoms with Gasteiger partial charge in [-0.3, -0.25) is 9.59 Å². The average Bonchev–Trinajstić information content (AvgIpc) is 2.71. The number of carbonyl (C=O) groups is 2. The van der Waals surface area contributed by atoms with Gasteiger partial charge < -0.3 is 11.1 Å². The van der Waals surface area contributed by atoms with Gasteiger partial charge in [0.05, 0.1) is 4.90 Å². The number of benzene rings is 2. The van der Waals surface area contributed by atoms with E-state index in [0.29, 0.717) is 22.6 Å². The third-order valence-electron chi connectivity index (χ3n) is 4.69. The lowest BCUT2D eigenvalue weighted by atomic mass is 10.0. The summed E-state index contributed by atoms with van der Waals surface area (Å²) in [5.74, 6) is -0.782. The number of hydrogen-bond acceptors (Lipinski definition) is 4. The summed E-state index contributed by atoms with van der Waals surface area (Å²) in [5, 5.41) is 3.15. The van der Waals surface area contributed by atoms with Crippen LogP contribution in [0.3, 0.4) is 0 Å². The third-order valence-corrected chi connectivity index (χ3v) is 6.81. The first kappa shape index (κ1) is 24.9. The van der Waals surface area contributed by atoms with Crippen molar-refractivity contribution in [2.24, 2.45) is 11.7 Å². The maximum Gasteiger partial charge on any atom is 0.244 e. The number of rotatable bonds is 10. The highest BCUT2D eigenvalue weighted by Gasteiger charge is 2.35. The predicted octanol–water partition coefficient (Wildman–Crippen LogP) is 2.42. The monoisotopic (exact) mass is 463 g/mol. The Bertz CT molecular complexity index is 1010. The summed E-state index contributed by atoms with van der Waals surface area (Å²) < 4.78 is 28.0. The molecule has 2 amide bonds. The van der Waals surface area contributed by atoms with E-state index in [9.17, 15) is 18.0 Å². The summed E-state index contributed by atoms with van der Waals surface area (Å²) in [5.41, 5.74) is 6.88. The van der Waals surface area contributed by atoms with Crippen molar-refractivity contribution in [3.63, 3.8) is 0 Å². The molecule has 0 radical (unpaired) electrons. The minimum atomic E-state index is -4.03. The van der Waals surface area contributed by atoms with Gasteiger partial charge in [-0.15, -0.1) is 0 Å². The van der Waals surface area contributed by atoms with Gasteiger partial charge in [-0.2, -0.15) is 4.31 Å². The number of amides is 2. The summed E-state index contributed by atoms with van der Waals surface area (Å²) in [4.78, 5) is 23.8. The highest BCUT2D eigenvalue weighted by atomic mass is 35.5. The number of nitrogens with zero attached hydrogens (tertiary/aromatic N) is 1. The van der Waals surface area contributed by atoms with E-state index in [2.05, 4.69) is 5.32 Å². The van der Waals surface area contributed by atoms with Gasteiger partial charge in [0, 0.05) is 17.3 Å². The topological polar surface area (TPSA) is 110 Å². The van der Waals surface area contributed by atoms with Crippen LogP contribution in [0.1, 0.15) is 25.8 Å². The number of hydrogen-bond donors (Lipinski definition) is 2. The van der Waals surface area contributed by atoms with E-state index in [1.807, 2.05) is 13.8 Å². The van der Waals surface area contributed by atoms with E-state index in [1.54, 1.807) is 32.1 Å². The van der Waals surface area contributed by atoms with E-state index >= 15 is 0 Å². The number of sulfonamides is 1. The molecule has 2 rings (SSSR count). The molecule has 2 aromatic rings. The molecule has 0 saturated carbocycles. The number of anilines is 1. The zero-order valence-electron chi connectivity index (χ0n) is 17.8. The number of halogens is 1. The number of nitrogens with two attached hydrogens (primary N) is 1. The largest absolute Gasteiger partial charge is 0.368 e. The average molecular weight is 464 g/mol. The molecule has 0 bridgehead atoms. The Kier molecular flexibility index (Phi) is 8.67. The summed E-state index contributed by atoms with van der Waals surface area (Å²) in [6, 6.07) is 11.6. The number of nitrogens with one attached hydrogen (secondary N) is 1. The van der Waals surface area contributed by atoms with Crippen molar-refractivity contribution in [2.75, 3.05) is 5.32 Å². The van der Waals surface area contributed by atoms with Crippen LogP contribution in [-0.2, 0) is 26.2 Å². The van der Waals surface area contributed by atoms with Crippen LogP contribution in [0.4, 0.5) is 5.69 Å². The molecule has 0 aliphatic heterocycles. The summed E-state index contributed by atoms with van der Waals surface area (Å²) >= 11 is 5.90. The lowest BCUT2D eigenvalue weighted by molar-refractivity contribution is -0.122. The van der Waals surface area contributed by atoms with Gasteiger partial charge in [0.25, 0.3) is 0 Å². The van der Waals surface area contributed by atoms with E-state index < -0.39 is 22.0 Å². The SMILES string of the molecule is BCC(=O)Nc1ccc(CN([C@H](CC(C)C)C(N)=O)S(=O)(=O)c2ccc(Cl)cc2)cc1. The van der Waals surface area contributed by atoms with Crippen molar-refractivity contribution in [1.29, 1.82) is 0 Å². The zero-order valence-corrected chi connectivity index (χ0v) is 19.4. The van der Waals surface area contributed by atoms with Gasteiger partial charge in [-0.1, -0.05) is 37.6 Å². The lowest BCUT2D eigenvalue weighted by Gasteiger charge is -2.30. The number of carbonyl (C=O) groups excluding carboxylic acids is 2. The van der Waals surface area contributed by atoms with Crippen molar-refractivity contribution in [2.45, 2.75) is 44.1 Å². The fourth-order valence-electron chi connectivity index (χ4n) is 3.05. The van der Waals surface area contributed by atoms with E-state index in [1.165, 1.54) is 24.3 Å². The molecule has 0 saturated heterocycles. The fraction of sp³-hybridized carbons (Fsp3) is 0.333. The molecule has 31 heavy (non-hydrogen) atoms. The van der Waals surface area contributed by atoms with Gasteiger partial charge in [0.15, 0.2) is 0 Å². The molecular formula is C21H27BClN3O4S. The van der Waals surface area contributed by atoms with Crippen molar-refractivity contribution in [1.82, 2.24) is 4.31 Å². The van der Waals surface area contributed by atoms with Crippen LogP contribution in [-0.4, -0.2) is 38.4 Å². The first-order valence-corrected chi connectivity index (χ1v) is 11.8. The van der Waals surface area contributed by atoms with E-state index in [-0.39, 0.29) is 29.7 Å². The first-order chi connectivity index (χ1) is 14.5. The van der Waals surface area contributed by atoms with Crippen LogP contribution in [0.2, 0.25) is 11.3 Å². The molecule has 0 spiro atoms. The van der Waals surface area contributed by atoms with Gasteiger partial charge in [0.2, 0.25) is 21.8 Å². The van der Waals surface area contributed by atoms with Gasteiger partial charge >= 0.3 is 0 Å². The van der Waals surface area contributed by atoms with Crippen LogP contribution >= 0.6 is 11.6 Å². The summed E-state index contributed by atoms with van der Waals surface area (Å²) in [6.07, 6.45) is 0.636. The Morgan fingerprint density at radius 1 is 1.10 bits per heavy atom. The van der Waals surface area contributed by atoms with Crippen molar-refractivity contribution >= 4 is 47.0 Å². The van der Waals surface area contributed by atoms with Crippen molar-refractivity contribution < 1.29 is 18.0 Å². The minimum Gasteiger partial charge on any atom is -0.368 e. The molecule has 0 unspecified atom stereocenters. The second-order valence-corrected chi connectivity index (χ2v) is 9.98. The molecule has 2 aromatic carbocycles. The fourth-order valence-corrected chi connectivity index (χ4v) is 4.77. The van der Waals surface area contributed by atoms with Crippen molar-refractivity contribution in [3.05, 3.63) is 59.1 Å². The quantitative estimate of drug-likeness (QED) is 0.527. The molecule has 0 aliphatic rings.